The van der Waals surface area contributed by atoms with Gasteiger partial charge in [-0.05, 0) is 86.5 Å². The van der Waals surface area contributed by atoms with Crippen molar-refractivity contribution >= 4 is 0 Å². The Kier molecular flexibility index (Phi) is 7.16. The van der Waals surface area contributed by atoms with Crippen LogP contribution < -0.4 is 9.47 Å². The van der Waals surface area contributed by atoms with Crippen molar-refractivity contribution in [3.05, 3.63) is 187 Å². The highest BCUT2D eigenvalue weighted by molar-refractivity contribution is 5.88. The van der Waals surface area contributed by atoms with Crippen LogP contribution >= 0.6 is 0 Å². The molecule has 8 aromatic rings. The van der Waals surface area contributed by atoms with Crippen LogP contribution in [0.5, 0.6) is 23.0 Å². The van der Waals surface area contributed by atoms with Crippen molar-refractivity contribution < 1.29 is 9.47 Å². The van der Waals surface area contributed by atoms with Crippen LogP contribution in [0.1, 0.15) is 25.0 Å². The summed E-state index contributed by atoms with van der Waals surface area (Å²) in [6, 6.07) is 61.8. The molecule has 1 aromatic heterocycles. The lowest BCUT2D eigenvalue weighted by Crippen LogP contribution is -2.15. The molecule has 0 radical (unpaired) electrons. The van der Waals surface area contributed by atoms with Gasteiger partial charge in [0.1, 0.15) is 0 Å². The number of pyridine rings is 1. The maximum atomic E-state index is 6.78. The van der Waals surface area contributed by atoms with E-state index in [1.807, 2.05) is 24.3 Å². The summed E-state index contributed by atoms with van der Waals surface area (Å²) in [6.45, 7) is 4.56. The van der Waals surface area contributed by atoms with Crippen LogP contribution in [0.2, 0.25) is 0 Å². The van der Waals surface area contributed by atoms with Gasteiger partial charge in [-0.25, -0.2) is 4.98 Å². The van der Waals surface area contributed by atoms with Gasteiger partial charge in [0.2, 0.25) is 0 Å². The van der Waals surface area contributed by atoms with Crippen LogP contribution in [-0.4, -0.2) is 4.98 Å². The summed E-state index contributed by atoms with van der Waals surface area (Å²) in [4.78, 5) is 5.21. The fraction of sp³-hybridized carbons (Fsp3) is 0.0600. The zero-order valence-corrected chi connectivity index (χ0v) is 29.5. The maximum absolute atomic E-state index is 6.78. The van der Waals surface area contributed by atoms with Crippen LogP contribution in [0.3, 0.4) is 0 Å². The molecule has 2 heterocycles. The van der Waals surface area contributed by atoms with E-state index in [9.17, 15) is 0 Å². The number of benzene rings is 7. The molecule has 1 aliphatic carbocycles. The van der Waals surface area contributed by atoms with Gasteiger partial charge < -0.3 is 9.47 Å². The maximum Gasteiger partial charge on any atom is 0.178 e. The minimum Gasteiger partial charge on any atom is -0.449 e. The summed E-state index contributed by atoms with van der Waals surface area (Å²) >= 11 is 0. The number of nitrogens with zero attached hydrogens (tertiary/aromatic N) is 1. The van der Waals surface area contributed by atoms with E-state index in [4.69, 9.17) is 14.5 Å². The largest absolute Gasteiger partial charge is 0.449 e. The molecule has 0 amide bonds. The van der Waals surface area contributed by atoms with E-state index in [2.05, 4.69) is 166 Å². The molecule has 0 spiro atoms. The molecule has 0 atom stereocenters. The molecule has 1 aliphatic heterocycles. The Hall–Kier alpha value is -6.71. The van der Waals surface area contributed by atoms with E-state index >= 15 is 0 Å². The quantitative estimate of drug-likeness (QED) is 0.181. The number of fused-ring (bicyclic) bond motifs is 6. The molecule has 0 saturated carbocycles. The van der Waals surface area contributed by atoms with Gasteiger partial charge >= 0.3 is 0 Å². The monoisotopic (exact) mass is 681 g/mol. The van der Waals surface area contributed by atoms with Crippen LogP contribution in [0, 0.1) is 0 Å². The molecular formula is C50H35NO2. The molecule has 10 rings (SSSR count). The predicted molar refractivity (Wildman–Crippen MR) is 216 cm³/mol. The first-order valence-electron chi connectivity index (χ1n) is 18.1. The summed E-state index contributed by atoms with van der Waals surface area (Å²) in [6.07, 6.45) is 0. The SMILES string of the molecule is CC1(C)c2ccccc2-c2c1ccc1c2Oc2cc(-c3cccc(-c4cc(-c5ccc(-c6ccccc6)cc5)cc(-c5ccccc5)n4)c3)ccc2O1. The molecular weight excluding hydrogens is 647 g/mol. The molecule has 0 bridgehead atoms. The molecule has 2 aliphatic rings. The van der Waals surface area contributed by atoms with Gasteiger partial charge in [-0.1, -0.05) is 153 Å². The van der Waals surface area contributed by atoms with E-state index in [-0.39, 0.29) is 5.41 Å². The summed E-state index contributed by atoms with van der Waals surface area (Å²) in [5.74, 6) is 2.95. The molecule has 3 nitrogen and oxygen atoms in total. The molecule has 0 saturated heterocycles. The fourth-order valence-corrected chi connectivity index (χ4v) is 7.95. The second kappa shape index (κ2) is 12.2. The van der Waals surface area contributed by atoms with Crippen LogP contribution in [0.25, 0.3) is 67.0 Å². The summed E-state index contributed by atoms with van der Waals surface area (Å²) in [5.41, 5.74) is 15.5. The summed E-state index contributed by atoms with van der Waals surface area (Å²) < 4.78 is 13.3. The van der Waals surface area contributed by atoms with Crippen molar-refractivity contribution in [2.75, 3.05) is 0 Å². The van der Waals surface area contributed by atoms with Gasteiger partial charge in [0.25, 0.3) is 0 Å². The number of rotatable bonds is 5. The third kappa shape index (κ3) is 5.32. The van der Waals surface area contributed by atoms with Crippen LogP contribution in [-0.2, 0) is 5.41 Å². The topological polar surface area (TPSA) is 31.4 Å². The zero-order chi connectivity index (χ0) is 35.5. The van der Waals surface area contributed by atoms with Gasteiger partial charge in [0.05, 0.1) is 11.4 Å². The smallest absolute Gasteiger partial charge is 0.178 e. The van der Waals surface area contributed by atoms with Crippen LogP contribution in [0.15, 0.2) is 176 Å². The standard InChI is InChI=1S/C50H35NO2/c1-50(2)41-19-10-9-18-40(41)48-42(50)25-27-46-49(48)53-47-31-37(24-26-45(47)52-46)36-16-11-17-38(28-36)44-30-39(29-43(51-44)35-14-7-4-8-15-35)34-22-20-33(21-23-34)32-12-5-3-6-13-32/h3-31H,1-2H3. The van der Waals surface area contributed by atoms with Gasteiger partial charge in [0, 0.05) is 22.1 Å². The van der Waals surface area contributed by atoms with Crippen molar-refractivity contribution in [3.8, 4) is 90.0 Å². The fourth-order valence-electron chi connectivity index (χ4n) is 7.95. The third-order valence-electron chi connectivity index (χ3n) is 10.8. The Labute approximate surface area is 309 Å². The number of aromatic nitrogens is 1. The van der Waals surface area contributed by atoms with E-state index in [0.29, 0.717) is 11.5 Å². The van der Waals surface area contributed by atoms with Crippen molar-refractivity contribution in [2.24, 2.45) is 0 Å². The van der Waals surface area contributed by atoms with Crippen molar-refractivity contribution in [1.29, 1.82) is 0 Å². The molecule has 0 unspecified atom stereocenters. The second-order valence-corrected chi connectivity index (χ2v) is 14.4. The molecule has 0 N–H and O–H groups in total. The lowest BCUT2D eigenvalue weighted by atomic mass is 9.82. The average molecular weight is 682 g/mol. The molecule has 53 heavy (non-hydrogen) atoms. The molecule has 252 valence electrons. The normalized spacial score (nSPS) is 13.2. The summed E-state index contributed by atoms with van der Waals surface area (Å²) in [7, 11) is 0. The van der Waals surface area contributed by atoms with Gasteiger partial charge in [-0.3, -0.25) is 0 Å². The lowest BCUT2D eigenvalue weighted by molar-refractivity contribution is 0.360. The molecule has 7 aromatic carbocycles. The predicted octanol–water partition coefficient (Wildman–Crippen LogP) is 13.6. The van der Waals surface area contributed by atoms with E-state index in [1.54, 1.807) is 0 Å². The second-order valence-electron chi connectivity index (χ2n) is 14.4. The van der Waals surface area contributed by atoms with Crippen molar-refractivity contribution in [3.63, 3.8) is 0 Å². The Morgan fingerprint density at radius 2 is 0.943 bits per heavy atom. The van der Waals surface area contributed by atoms with Crippen LogP contribution in [0.4, 0.5) is 0 Å². The zero-order valence-electron chi connectivity index (χ0n) is 29.5. The Balaban J connectivity index is 1.02. The first-order valence-corrected chi connectivity index (χ1v) is 18.1. The van der Waals surface area contributed by atoms with Gasteiger partial charge in [-0.2, -0.15) is 0 Å². The van der Waals surface area contributed by atoms with E-state index in [0.717, 1.165) is 61.8 Å². The number of hydrogen-bond donors (Lipinski definition) is 0. The highest BCUT2D eigenvalue weighted by Gasteiger charge is 2.39. The average Bonchev–Trinajstić information content (AvgIpc) is 3.46. The Morgan fingerprint density at radius 1 is 0.377 bits per heavy atom. The van der Waals surface area contributed by atoms with Gasteiger partial charge in [0.15, 0.2) is 23.0 Å². The van der Waals surface area contributed by atoms with E-state index < -0.39 is 0 Å². The highest BCUT2D eigenvalue weighted by Crippen LogP contribution is 2.58. The van der Waals surface area contributed by atoms with E-state index in [1.165, 1.54) is 27.8 Å². The molecule has 0 fully saturated rings. The number of ether oxygens (including phenoxy) is 2. The highest BCUT2D eigenvalue weighted by atomic mass is 16.6. The minimum atomic E-state index is -0.121. The minimum absolute atomic E-state index is 0.121. The van der Waals surface area contributed by atoms with Gasteiger partial charge in [-0.15, -0.1) is 0 Å². The summed E-state index contributed by atoms with van der Waals surface area (Å²) in [5, 5.41) is 0. The number of hydrogen-bond acceptors (Lipinski definition) is 3. The van der Waals surface area contributed by atoms with Crippen molar-refractivity contribution in [1.82, 2.24) is 4.98 Å². The first-order chi connectivity index (χ1) is 26.0. The lowest BCUT2D eigenvalue weighted by Gasteiger charge is -2.25. The first kappa shape index (κ1) is 31.1. The Morgan fingerprint density at radius 3 is 1.72 bits per heavy atom. The third-order valence-corrected chi connectivity index (χ3v) is 10.8. The molecule has 3 heteroatoms. The van der Waals surface area contributed by atoms with Crippen molar-refractivity contribution in [2.45, 2.75) is 19.3 Å². The Bertz CT molecular complexity index is 2680.